The van der Waals surface area contributed by atoms with Crippen molar-refractivity contribution in [3.63, 3.8) is 0 Å². The number of nitrogens with zero attached hydrogens (tertiary/aromatic N) is 2. The van der Waals surface area contributed by atoms with E-state index >= 15 is 0 Å². The Morgan fingerprint density at radius 3 is 2.94 bits per heavy atom. The van der Waals surface area contributed by atoms with Crippen LogP contribution in [-0.4, -0.2) is 20.9 Å². The highest BCUT2D eigenvalue weighted by atomic mass is 16.4. The van der Waals surface area contributed by atoms with Gasteiger partial charge in [-0.1, -0.05) is 12.8 Å². The lowest BCUT2D eigenvalue weighted by atomic mass is 10.1. The summed E-state index contributed by atoms with van der Waals surface area (Å²) in [5.41, 5.74) is 1.16. The zero-order valence-electron chi connectivity index (χ0n) is 9.43. The summed E-state index contributed by atoms with van der Waals surface area (Å²) in [6.07, 6.45) is 10.8. The summed E-state index contributed by atoms with van der Waals surface area (Å²) in [5.74, 6) is -0.719. The van der Waals surface area contributed by atoms with Gasteiger partial charge in [-0.15, -0.1) is 0 Å². The Bertz CT molecular complexity index is 354. The number of aromatic nitrogens is 2. The van der Waals surface area contributed by atoms with Crippen LogP contribution in [0.3, 0.4) is 0 Å². The molecule has 0 amide bonds. The van der Waals surface area contributed by atoms with Gasteiger partial charge in [0.2, 0.25) is 0 Å². The normalized spacial score (nSPS) is 16.8. The highest BCUT2D eigenvalue weighted by Gasteiger charge is 2.17. The number of carboxylic acids is 1. The summed E-state index contributed by atoms with van der Waals surface area (Å²) in [6.45, 7) is 0. The fraction of sp³-hybridized carbons (Fsp3) is 0.667. The van der Waals surface area contributed by atoms with Crippen LogP contribution in [0.4, 0.5) is 0 Å². The van der Waals surface area contributed by atoms with E-state index in [0.29, 0.717) is 12.5 Å². The second-order valence-electron chi connectivity index (χ2n) is 4.51. The second kappa shape index (κ2) is 5.14. The van der Waals surface area contributed by atoms with Gasteiger partial charge in [-0.3, -0.25) is 9.48 Å². The first-order valence-corrected chi connectivity index (χ1v) is 6.00. The number of aryl methyl sites for hydroxylation is 1. The maximum Gasteiger partial charge on any atom is 0.303 e. The molecule has 0 aromatic carbocycles. The molecule has 0 radical (unpaired) electrons. The van der Waals surface area contributed by atoms with Crippen LogP contribution in [0, 0.1) is 0 Å². The highest BCUT2D eigenvalue weighted by molar-refractivity contribution is 5.66. The molecule has 1 aromatic heterocycles. The molecular weight excluding hydrogens is 204 g/mol. The van der Waals surface area contributed by atoms with Crippen molar-refractivity contribution in [1.82, 2.24) is 9.78 Å². The van der Waals surface area contributed by atoms with Gasteiger partial charge in [-0.25, -0.2) is 0 Å². The second-order valence-corrected chi connectivity index (χ2v) is 4.51. The number of carboxylic acid groups (broad SMARTS) is 1. The molecule has 0 atom stereocenters. The third-order valence-electron chi connectivity index (χ3n) is 3.21. The Kier molecular flexibility index (Phi) is 3.59. The van der Waals surface area contributed by atoms with Gasteiger partial charge in [0.05, 0.1) is 12.2 Å². The van der Waals surface area contributed by atoms with Gasteiger partial charge in [0.25, 0.3) is 0 Å². The zero-order chi connectivity index (χ0) is 11.4. The maximum atomic E-state index is 10.4. The maximum absolute atomic E-state index is 10.4. The van der Waals surface area contributed by atoms with Crippen LogP contribution in [0.25, 0.3) is 0 Å². The topological polar surface area (TPSA) is 55.1 Å². The molecule has 0 bridgehead atoms. The molecule has 1 aliphatic carbocycles. The predicted octanol–water partition coefficient (Wildman–Crippen LogP) is 2.41. The summed E-state index contributed by atoms with van der Waals surface area (Å²) in [4.78, 5) is 10.4. The van der Waals surface area contributed by atoms with E-state index in [-0.39, 0.29) is 6.42 Å². The van der Waals surface area contributed by atoms with Crippen LogP contribution in [0.1, 0.15) is 50.1 Å². The SMILES string of the molecule is O=C(O)CCCc1cnn(C2CCCC2)c1. The summed E-state index contributed by atoms with van der Waals surface area (Å²) >= 11 is 0. The molecule has 16 heavy (non-hydrogen) atoms. The monoisotopic (exact) mass is 222 g/mol. The van der Waals surface area contributed by atoms with Crippen molar-refractivity contribution in [3.05, 3.63) is 18.0 Å². The van der Waals surface area contributed by atoms with Crippen LogP contribution in [-0.2, 0) is 11.2 Å². The zero-order valence-corrected chi connectivity index (χ0v) is 9.43. The molecule has 0 aliphatic heterocycles. The standard InChI is InChI=1S/C12H18N2O2/c15-12(16)7-3-4-10-8-13-14(9-10)11-5-1-2-6-11/h8-9,11H,1-7H2,(H,15,16). The first-order chi connectivity index (χ1) is 7.75. The number of rotatable bonds is 5. The molecule has 4 nitrogen and oxygen atoms in total. The molecule has 1 aliphatic rings. The smallest absolute Gasteiger partial charge is 0.303 e. The molecule has 0 spiro atoms. The Labute approximate surface area is 95.3 Å². The fourth-order valence-electron chi connectivity index (χ4n) is 2.32. The molecule has 1 fully saturated rings. The first-order valence-electron chi connectivity index (χ1n) is 6.00. The van der Waals surface area contributed by atoms with Gasteiger partial charge in [-0.2, -0.15) is 5.10 Å². The summed E-state index contributed by atoms with van der Waals surface area (Å²) in [6, 6.07) is 0.577. The van der Waals surface area contributed by atoms with E-state index in [9.17, 15) is 4.79 Å². The van der Waals surface area contributed by atoms with E-state index in [1.54, 1.807) is 0 Å². The molecule has 1 saturated carbocycles. The van der Waals surface area contributed by atoms with E-state index in [0.717, 1.165) is 12.0 Å². The minimum Gasteiger partial charge on any atom is -0.481 e. The molecular formula is C12H18N2O2. The predicted molar refractivity (Wildman–Crippen MR) is 60.3 cm³/mol. The van der Waals surface area contributed by atoms with Crippen molar-refractivity contribution in [2.24, 2.45) is 0 Å². The molecule has 4 heteroatoms. The van der Waals surface area contributed by atoms with Crippen LogP contribution < -0.4 is 0 Å². The fourth-order valence-corrected chi connectivity index (χ4v) is 2.32. The van der Waals surface area contributed by atoms with Gasteiger partial charge in [0.1, 0.15) is 0 Å². The summed E-state index contributed by atoms with van der Waals surface area (Å²) < 4.78 is 2.06. The Morgan fingerprint density at radius 1 is 1.50 bits per heavy atom. The molecule has 88 valence electrons. The van der Waals surface area contributed by atoms with Gasteiger partial charge in [0.15, 0.2) is 0 Å². The van der Waals surface area contributed by atoms with Crippen LogP contribution in [0.5, 0.6) is 0 Å². The number of hydrogen-bond acceptors (Lipinski definition) is 2. The summed E-state index contributed by atoms with van der Waals surface area (Å²) in [5, 5.41) is 12.9. The van der Waals surface area contributed by atoms with Gasteiger partial charge in [0, 0.05) is 12.6 Å². The lowest BCUT2D eigenvalue weighted by Crippen LogP contribution is -2.04. The van der Waals surface area contributed by atoms with Crippen LogP contribution in [0.2, 0.25) is 0 Å². The summed E-state index contributed by atoms with van der Waals surface area (Å²) in [7, 11) is 0. The average molecular weight is 222 g/mol. The lowest BCUT2D eigenvalue weighted by molar-refractivity contribution is -0.137. The average Bonchev–Trinajstić information content (AvgIpc) is 2.85. The largest absolute Gasteiger partial charge is 0.481 e. The minimum atomic E-state index is -0.719. The molecule has 1 heterocycles. The van der Waals surface area contributed by atoms with Gasteiger partial charge >= 0.3 is 5.97 Å². The first kappa shape index (κ1) is 11.2. The minimum absolute atomic E-state index is 0.245. The van der Waals surface area contributed by atoms with Crippen LogP contribution >= 0.6 is 0 Å². The molecule has 0 unspecified atom stereocenters. The van der Waals surface area contributed by atoms with E-state index in [2.05, 4.69) is 16.0 Å². The van der Waals surface area contributed by atoms with Crippen LogP contribution in [0.15, 0.2) is 12.4 Å². The van der Waals surface area contributed by atoms with E-state index in [4.69, 9.17) is 5.11 Å². The van der Waals surface area contributed by atoms with Crippen molar-refractivity contribution >= 4 is 5.97 Å². The molecule has 1 aromatic rings. The highest BCUT2D eigenvalue weighted by Crippen LogP contribution is 2.28. The van der Waals surface area contributed by atoms with Gasteiger partial charge < -0.3 is 5.11 Å². The lowest BCUT2D eigenvalue weighted by Gasteiger charge is -2.08. The van der Waals surface area contributed by atoms with Crippen molar-refractivity contribution < 1.29 is 9.90 Å². The van der Waals surface area contributed by atoms with Crippen molar-refractivity contribution in [2.75, 3.05) is 0 Å². The van der Waals surface area contributed by atoms with E-state index in [1.807, 2.05) is 6.20 Å². The Morgan fingerprint density at radius 2 is 2.25 bits per heavy atom. The van der Waals surface area contributed by atoms with Crippen molar-refractivity contribution in [3.8, 4) is 0 Å². The van der Waals surface area contributed by atoms with Gasteiger partial charge in [-0.05, 0) is 31.2 Å². The molecule has 0 saturated heterocycles. The van der Waals surface area contributed by atoms with E-state index < -0.39 is 5.97 Å². The number of aliphatic carboxylic acids is 1. The van der Waals surface area contributed by atoms with E-state index in [1.165, 1.54) is 25.7 Å². The number of hydrogen-bond donors (Lipinski definition) is 1. The van der Waals surface area contributed by atoms with Crippen molar-refractivity contribution in [1.29, 1.82) is 0 Å². The third-order valence-corrected chi connectivity index (χ3v) is 3.21. The molecule has 2 rings (SSSR count). The van der Waals surface area contributed by atoms with Crippen molar-refractivity contribution in [2.45, 2.75) is 51.0 Å². The third kappa shape index (κ3) is 2.84. The quantitative estimate of drug-likeness (QED) is 0.832. The number of carbonyl (C=O) groups is 1. The Hall–Kier alpha value is -1.32. The Balaban J connectivity index is 1.84. The molecule has 1 N–H and O–H groups in total.